The normalized spacial score (nSPS) is 20.1. The molecule has 0 bridgehead atoms. The first-order valence-corrected chi connectivity index (χ1v) is 19.9. The van der Waals surface area contributed by atoms with E-state index in [9.17, 15) is 14.4 Å². The number of carbonyl (C=O) groups is 3. The molecule has 2 aromatic carbocycles. The second-order valence-electron chi connectivity index (χ2n) is 15.7. The molecule has 0 spiro atoms. The fourth-order valence-electron chi connectivity index (χ4n) is 7.35. The minimum atomic E-state index is -0.662. The van der Waals surface area contributed by atoms with Crippen LogP contribution >= 0.6 is 34.8 Å². The summed E-state index contributed by atoms with van der Waals surface area (Å²) in [5, 5.41) is 4.24. The molecule has 3 heterocycles. The van der Waals surface area contributed by atoms with Crippen LogP contribution in [0.2, 0.25) is 15.1 Å². The molecule has 3 aromatic rings. The number of likely N-dealkylation sites (tertiary alicyclic amines) is 1. The van der Waals surface area contributed by atoms with Gasteiger partial charge in [-0.25, -0.2) is 9.78 Å². The molecule has 2 aliphatic heterocycles. The minimum absolute atomic E-state index is 0.0142. The SMILES string of the molecule is CNC(=O)CCc1ccc(Cl)c(CN(C(=O)[C@H]2CN(C(=O)OC(C)(C)C)CC[C@@H]2c2ccc(N3CC[C@@H](Oc4c(Cl)cc(C)cc4Cl)C3)nc2)C2CC2)c1. The van der Waals surface area contributed by atoms with Crippen molar-refractivity contribution in [1.29, 1.82) is 0 Å². The first-order valence-electron chi connectivity index (χ1n) is 18.8. The number of anilines is 1. The number of benzene rings is 2. The predicted octanol–water partition coefficient (Wildman–Crippen LogP) is 8.22. The molecule has 10 nitrogen and oxygen atoms in total. The number of hydrogen-bond acceptors (Lipinski definition) is 7. The van der Waals surface area contributed by atoms with Gasteiger partial charge in [-0.2, -0.15) is 0 Å². The van der Waals surface area contributed by atoms with E-state index in [0.29, 0.717) is 59.7 Å². The summed E-state index contributed by atoms with van der Waals surface area (Å²) in [5.74, 6) is 0.611. The molecule has 6 rings (SSSR count). The fraction of sp³-hybridized carbons (Fsp3) is 0.512. The van der Waals surface area contributed by atoms with Crippen LogP contribution in [0.4, 0.5) is 10.6 Å². The molecule has 2 saturated heterocycles. The van der Waals surface area contributed by atoms with E-state index in [-0.39, 0.29) is 36.4 Å². The maximum Gasteiger partial charge on any atom is 0.410 e. The number of nitrogens with one attached hydrogen (secondary N) is 1. The topological polar surface area (TPSA) is 104 Å². The van der Waals surface area contributed by atoms with Crippen molar-refractivity contribution in [2.45, 2.75) is 96.4 Å². The van der Waals surface area contributed by atoms with Crippen LogP contribution in [0.15, 0.2) is 48.7 Å². The molecule has 1 saturated carbocycles. The summed E-state index contributed by atoms with van der Waals surface area (Å²) in [6.07, 6.45) is 5.49. The van der Waals surface area contributed by atoms with Crippen molar-refractivity contribution in [2.75, 3.05) is 38.1 Å². The molecule has 0 radical (unpaired) electrons. The average molecular weight is 799 g/mol. The standard InChI is InChI=1S/C41H50Cl3N5O5/c1-25-18-34(43)38(35(44)19-25)53-30-14-16-47(23-30)36-12-8-27(21-46-36)31-15-17-48(40(52)54-41(2,3)4)24-32(31)39(51)49(29-9-10-29)22-28-20-26(6-11-33(28)42)7-13-37(50)45-5/h6,8,11-12,18-21,29-32H,7,9-10,13-17,22-24H2,1-5H3,(H,45,50)/t30-,31-,32+/m1/s1. The highest BCUT2D eigenvalue weighted by molar-refractivity contribution is 6.37. The Balaban J connectivity index is 1.20. The number of hydrogen-bond donors (Lipinski definition) is 1. The summed E-state index contributed by atoms with van der Waals surface area (Å²) in [7, 11) is 1.63. The van der Waals surface area contributed by atoms with Crippen molar-refractivity contribution in [3.8, 4) is 5.75 Å². The van der Waals surface area contributed by atoms with E-state index in [1.54, 1.807) is 11.9 Å². The molecular formula is C41H50Cl3N5O5. The lowest BCUT2D eigenvalue weighted by Crippen LogP contribution is -2.51. The molecular weight excluding hydrogens is 749 g/mol. The number of rotatable bonds is 11. The number of halogens is 3. The number of piperidine rings is 1. The number of aryl methyl sites for hydroxylation is 2. The van der Waals surface area contributed by atoms with Crippen LogP contribution in [0.25, 0.3) is 0 Å². The number of ether oxygens (including phenoxy) is 2. The van der Waals surface area contributed by atoms with E-state index in [2.05, 4.69) is 16.3 Å². The summed E-state index contributed by atoms with van der Waals surface area (Å²) in [5.41, 5.74) is 3.09. The Labute approximate surface area is 333 Å². The Morgan fingerprint density at radius 2 is 1.69 bits per heavy atom. The first kappa shape index (κ1) is 39.9. The average Bonchev–Trinajstić information content (AvgIpc) is 3.87. The molecule has 3 atom stereocenters. The predicted molar refractivity (Wildman–Crippen MR) is 213 cm³/mol. The number of carbonyl (C=O) groups excluding carboxylic acids is 3. The zero-order chi connectivity index (χ0) is 38.7. The Bertz CT molecular complexity index is 1820. The highest BCUT2D eigenvalue weighted by Crippen LogP contribution is 2.40. The lowest BCUT2D eigenvalue weighted by Gasteiger charge is -2.40. The van der Waals surface area contributed by atoms with Crippen LogP contribution in [0, 0.1) is 12.8 Å². The van der Waals surface area contributed by atoms with Crippen LogP contribution in [0.5, 0.6) is 5.75 Å². The Hall–Kier alpha value is -3.73. The molecule has 3 amide bonds. The van der Waals surface area contributed by atoms with E-state index >= 15 is 0 Å². The van der Waals surface area contributed by atoms with Gasteiger partial charge in [-0.1, -0.05) is 53.0 Å². The van der Waals surface area contributed by atoms with Crippen LogP contribution in [0.3, 0.4) is 0 Å². The largest absolute Gasteiger partial charge is 0.485 e. The number of aromatic nitrogens is 1. The minimum Gasteiger partial charge on any atom is -0.485 e. The lowest BCUT2D eigenvalue weighted by molar-refractivity contribution is -0.139. The number of amides is 3. The molecule has 290 valence electrons. The Morgan fingerprint density at radius 1 is 0.944 bits per heavy atom. The van der Waals surface area contributed by atoms with Crippen molar-refractivity contribution in [3.05, 3.63) is 86.0 Å². The van der Waals surface area contributed by atoms with Gasteiger partial charge in [0, 0.05) is 69.2 Å². The van der Waals surface area contributed by atoms with Crippen molar-refractivity contribution in [3.63, 3.8) is 0 Å². The smallest absolute Gasteiger partial charge is 0.410 e. The van der Waals surface area contributed by atoms with Gasteiger partial charge in [-0.15, -0.1) is 0 Å². The van der Waals surface area contributed by atoms with Crippen LogP contribution in [0.1, 0.15) is 81.0 Å². The quantitative estimate of drug-likeness (QED) is 0.209. The molecule has 3 fully saturated rings. The number of nitrogens with zero attached hydrogens (tertiary/aromatic N) is 4. The van der Waals surface area contributed by atoms with E-state index in [4.69, 9.17) is 49.3 Å². The summed E-state index contributed by atoms with van der Waals surface area (Å²) >= 11 is 19.6. The Kier molecular flexibility index (Phi) is 12.5. The summed E-state index contributed by atoms with van der Waals surface area (Å²) in [6.45, 7) is 9.91. The second-order valence-corrected chi connectivity index (χ2v) is 16.9. The summed E-state index contributed by atoms with van der Waals surface area (Å²) in [4.78, 5) is 50.7. The Morgan fingerprint density at radius 3 is 2.33 bits per heavy atom. The van der Waals surface area contributed by atoms with Crippen LogP contribution in [-0.4, -0.2) is 83.7 Å². The van der Waals surface area contributed by atoms with Crippen molar-refractivity contribution in [1.82, 2.24) is 20.1 Å². The van der Waals surface area contributed by atoms with Gasteiger partial charge in [0.25, 0.3) is 0 Å². The highest BCUT2D eigenvalue weighted by Gasteiger charge is 2.43. The summed E-state index contributed by atoms with van der Waals surface area (Å²) in [6, 6.07) is 13.6. The van der Waals surface area contributed by atoms with Gasteiger partial charge >= 0.3 is 6.09 Å². The third-order valence-electron chi connectivity index (χ3n) is 10.3. The van der Waals surface area contributed by atoms with Gasteiger partial charge in [-0.3, -0.25) is 9.59 Å². The zero-order valence-corrected chi connectivity index (χ0v) is 33.9. The van der Waals surface area contributed by atoms with E-state index in [1.165, 1.54) is 0 Å². The lowest BCUT2D eigenvalue weighted by atomic mass is 9.80. The van der Waals surface area contributed by atoms with Gasteiger partial charge in [0.1, 0.15) is 17.5 Å². The molecule has 1 aliphatic carbocycles. The van der Waals surface area contributed by atoms with Crippen molar-refractivity contribution >= 4 is 58.5 Å². The van der Waals surface area contributed by atoms with Gasteiger partial charge in [0.15, 0.2) is 5.75 Å². The van der Waals surface area contributed by atoms with Crippen molar-refractivity contribution < 1.29 is 23.9 Å². The van der Waals surface area contributed by atoms with E-state index in [1.807, 2.05) is 75.2 Å². The van der Waals surface area contributed by atoms with Gasteiger partial charge in [0.05, 0.1) is 22.5 Å². The third kappa shape index (κ3) is 9.92. The zero-order valence-electron chi connectivity index (χ0n) is 31.7. The maximum absolute atomic E-state index is 14.8. The van der Waals surface area contributed by atoms with Gasteiger partial charge in [0.2, 0.25) is 11.8 Å². The molecule has 13 heteroatoms. The van der Waals surface area contributed by atoms with E-state index in [0.717, 1.165) is 53.9 Å². The molecule has 54 heavy (non-hydrogen) atoms. The molecule has 0 unspecified atom stereocenters. The van der Waals surface area contributed by atoms with Gasteiger partial charge < -0.3 is 29.5 Å². The van der Waals surface area contributed by atoms with Crippen LogP contribution < -0.4 is 15.0 Å². The number of pyridine rings is 1. The van der Waals surface area contributed by atoms with Gasteiger partial charge in [-0.05, 0) is 99.9 Å². The van der Waals surface area contributed by atoms with Crippen LogP contribution in [-0.2, 0) is 27.3 Å². The van der Waals surface area contributed by atoms with E-state index < -0.39 is 17.6 Å². The monoisotopic (exact) mass is 797 g/mol. The summed E-state index contributed by atoms with van der Waals surface area (Å²) < 4.78 is 12.0. The highest BCUT2D eigenvalue weighted by atomic mass is 35.5. The molecule has 3 aliphatic rings. The maximum atomic E-state index is 14.8. The fourth-order valence-corrected chi connectivity index (χ4v) is 8.22. The molecule has 1 N–H and O–H groups in total. The third-order valence-corrected chi connectivity index (χ3v) is 11.2. The first-order chi connectivity index (χ1) is 25.7. The second kappa shape index (κ2) is 17.0. The molecule has 1 aromatic heterocycles. The van der Waals surface area contributed by atoms with Crippen molar-refractivity contribution in [2.24, 2.45) is 5.92 Å².